The van der Waals surface area contributed by atoms with Gasteiger partial charge in [-0.3, -0.25) is 4.79 Å². The van der Waals surface area contributed by atoms with E-state index in [4.69, 9.17) is 21.3 Å². The maximum Gasteiger partial charge on any atom is 0.267 e. The van der Waals surface area contributed by atoms with Crippen molar-refractivity contribution < 1.29 is 9.53 Å². The van der Waals surface area contributed by atoms with Gasteiger partial charge in [0.1, 0.15) is 22.4 Å². The van der Waals surface area contributed by atoms with Crippen LogP contribution in [0.4, 0.5) is 11.4 Å². The Morgan fingerprint density at radius 1 is 1.15 bits per heavy atom. The van der Waals surface area contributed by atoms with Crippen LogP contribution in [-0.2, 0) is 4.79 Å². The first-order valence-corrected chi connectivity index (χ1v) is 11.2. The number of ether oxygens (including phenoxy) is 1. The molecule has 8 heteroatoms. The minimum atomic E-state index is -0.577. The number of nitrogens with zero attached hydrogens (tertiary/aromatic N) is 2. The van der Waals surface area contributed by atoms with E-state index in [0.717, 1.165) is 26.5 Å². The summed E-state index contributed by atoms with van der Waals surface area (Å²) in [5.74, 6) is -0.134. The first-order valence-electron chi connectivity index (χ1n) is 9.96. The number of benzene rings is 3. The molecular formula is C25H19ClN4O2S. The van der Waals surface area contributed by atoms with Gasteiger partial charge in [-0.15, -0.1) is 11.3 Å². The Bertz CT molecular complexity index is 1400. The van der Waals surface area contributed by atoms with E-state index in [9.17, 15) is 10.1 Å². The minimum absolute atomic E-state index is 0.0948. The van der Waals surface area contributed by atoms with Crippen LogP contribution in [0.5, 0.6) is 5.75 Å². The number of carbonyl (C=O) groups is 1. The summed E-state index contributed by atoms with van der Waals surface area (Å²) in [6, 6.07) is 20.6. The van der Waals surface area contributed by atoms with Gasteiger partial charge in [-0.25, -0.2) is 4.98 Å². The number of thiazole rings is 1. The van der Waals surface area contributed by atoms with E-state index < -0.39 is 5.91 Å². The first kappa shape index (κ1) is 22.3. The molecule has 0 saturated heterocycles. The van der Waals surface area contributed by atoms with Gasteiger partial charge in [-0.2, -0.15) is 5.26 Å². The fraction of sp³-hybridized carbons (Fsp3) is 0.0800. The van der Waals surface area contributed by atoms with Crippen molar-refractivity contribution in [1.82, 2.24) is 4.98 Å². The molecule has 0 fully saturated rings. The Hall–Kier alpha value is -3.86. The van der Waals surface area contributed by atoms with E-state index in [2.05, 4.69) is 29.7 Å². The average molecular weight is 475 g/mol. The number of fused-ring (bicyclic) bond motifs is 1. The number of nitriles is 1. The molecule has 164 valence electrons. The van der Waals surface area contributed by atoms with Crippen molar-refractivity contribution in [2.75, 3.05) is 17.7 Å². The van der Waals surface area contributed by atoms with Gasteiger partial charge in [0, 0.05) is 22.5 Å². The highest BCUT2D eigenvalue weighted by molar-refractivity contribution is 7.21. The number of methoxy groups -OCH3 is 1. The van der Waals surface area contributed by atoms with E-state index in [-0.39, 0.29) is 5.57 Å². The van der Waals surface area contributed by atoms with Gasteiger partial charge >= 0.3 is 0 Å². The smallest absolute Gasteiger partial charge is 0.267 e. The third-order valence-electron chi connectivity index (χ3n) is 4.83. The molecule has 0 spiro atoms. The van der Waals surface area contributed by atoms with E-state index in [1.54, 1.807) is 29.5 Å². The monoisotopic (exact) mass is 474 g/mol. The number of nitrogens with one attached hydrogen (secondary N) is 2. The van der Waals surface area contributed by atoms with E-state index in [1.807, 2.05) is 36.4 Å². The lowest BCUT2D eigenvalue weighted by Gasteiger charge is -2.10. The first-order chi connectivity index (χ1) is 16.0. The van der Waals surface area contributed by atoms with E-state index in [1.165, 1.54) is 18.9 Å². The molecule has 3 aromatic carbocycles. The van der Waals surface area contributed by atoms with Gasteiger partial charge in [-0.05, 0) is 67.1 Å². The lowest BCUT2D eigenvalue weighted by molar-refractivity contribution is -0.112. The molecule has 0 radical (unpaired) electrons. The maximum absolute atomic E-state index is 12.5. The molecule has 0 atom stereocenters. The third-order valence-corrected chi connectivity index (χ3v) is 6.14. The van der Waals surface area contributed by atoms with Gasteiger partial charge < -0.3 is 15.4 Å². The third kappa shape index (κ3) is 5.14. The molecule has 0 saturated carbocycles. The Morgan fingerprint density at radius 2 is 1.94 bits per heavy atom. The largest absolute Gasteiger partial charge is 0.495 e. The molecular weight excluding hydrogens is 456 g/mol. The number of halogens is 1. The molecule has 0 aliphatic carbocycles. The van der Waals surface area contributed by atoms with Crippen LogP contribution in [0.15, 0.2) is 72.4 Å². The molecule has 0 aliphatic rings. The fourth-order valence-corrected chi connectivity index (χ4v) is 4.38. The molecule has 6 nitrogen and oxygen atoms in total. The molecule has 2 N–H and O–H groups in total. The Labute approximate surface area is 200 Å². The summed E-state index contributed by atoms with van der Waals surface area (Å²) in [6.07, 6.45) is 1.36. The van der Waals surface area contributed by atoms with Crippen molar-refractivity contribution in [2.24, 2.45) is 0 Å². The quantitative estimate of drug-likeness (QED) is 0.249. The SMILES string of the molecule is COc1ccc(Cl)cc1NC(=O)/C(C#N)=C\Nc1ccc(-c2nc3ccc(C)cc3s2)cc1. The lowest BCUT2D eigenvalue weighted by Crippen LogP contribution is -2.15. The standard InChI is InChI=1S/C25H19ClN4O2S/c1-15-3-9-20-23(11-15)33-25(30-20)16-4-7-19(8-5-16)28-14-17(13-27)24(31)29-21-12-18(26)6-10-22(21)32-2/h3-12,14,28H,1-2H3,(H,29,31)/b17-14-. The zero-order chi connectivity index (χ0) is 23.4. The summed E-state index contributed by atoms with van der Waals surface area (Å²) >= 11 is 7.64. The normalized spacial score (nSPS) is 11.2. The van der Waals surface area contributed by atoms with Crippen molar-refractivity contribution >= 4 is 50.4 Å². The Kier molecular flexibility index (Phi) is 6.59. The topological polar surface area (TPSA) is 87.0 Å². The molecule has 1 amide bonds. The van der Waals surface area contributed by atoms with Crippen molar-refractivity contribution in [3.63, 3.8) is 0 Å². The van der Waals surface area contributed by atoms with Crippen LogP contribution in [0.2, 0.25) is 5.02 Å². The number of rotatable bonds is 6. The molecule has 0 unspecified atom stereocenters. The number of carbonyl (C=O) groups excluding carboxylic acids is 1. The van der Waals surface area contributed by atoms with Crippen LogP contribution in [0.25, 0.3) is 20.8 Å². The van der Waals surface area contributed by atoms with Crippen LogP contribution < -0.4 is 15.4 Å². The van der Waals surface area contributed by atoms with Crippen LogP contribution in [0, 0.1) is 18.3 Å². The van der Waals surface area contributed by atoms with Crippen molar-refractivity contribution in [3.8, 4) is 22.4 Å². The molecule has 4 aromatic rings. The summed E-state index contributed by atoms with van der Waals surface area (Å²) in [5, 5.41) is 16.5. The molecule has 4 rings (SSSR count). The fourth-order valence-electron chi connectivity index (χ4n) is 3.14. The summed E-state index contributed by atoms with van der Waals surface area (Å²) in [5.41, 5.74) is 4.20. The summed E-state index contributed by atoms with van der Waals surface area (Å²) in [4.78, 5) is 17.2. The summed E-state index contributed by atoms with van der Waals surface area (Å²) in [7, 11) is 1.49. The highest BCUT2D eigenvalue weighted by atomic mass is 35.5. The number of anilines is 2. The Balaban J connectivity index is 1.47. The van der Waals surface area contributed by atoms with Crippen molar-refractivity contribution in [2.45, 2.75) is 6.92 Å². The molecule has 0 bridgehead atoms. The average Bonchev–Trinajstić information content (AvgIpc) is 3.23. The van der Waals surface area contributed by atoms with Gasteiger partial charge in [0.25, 0.3) is 5.91 Å². The summed E-state index contributed by atoms with van der Waals surface area (Å²) < 4.78 is 6.37. The maximum atomic E-state index is 12.5. The number of hydrogen-bond donors (Lipinski definition) is 2. The van der Waals surface area contributed by atoms with Crippen LogP contribution in [-0.4, -0.2) is 18.0 Å². The van der Waals surface area contributed by atoms with Crippen LogP contribution in [0.1, 0.15) is 5.56 Å². The van der Waals surface area contributed by atoms with Gasteiger partial charge in [0.15, 0.2) is 0 Å². The zero-order valence-electron chi connectivity index (χ0n) is 17.8. The number of hydrogen-bond acceptors (Lipinski definition) is 6. The van der Waals surface area contributed by atoms with Crippen molar-refractivity contribution in [3.05, 3.63) is 83.0 Å². The lowest BCUT2D eigenvalue weighted by atomic mass is 10.2. The molecule has 1 aromatic heterocycles. The second-order valence-corrected chi connectivity index (χ2v) is 8.65. The number of aryl methyl sites for hydroxylation is 1. The van der Waals surface area contributed by atoms with Crippen molar-refractivity contribution in [1.29, 1.82) is 5.26 Å². The van der Waals surface area contributed by atoms with Gasteiger partial charge in [-0.1, -0.05) is 17.7 Å². The highest BCUT2D eigenvalue weighted by Crippen LogP contribution is 2.31. The highest BCUT2D eigenvalue weighted by Gasteiger charge is 2.13. The van der Waals surface area contributed by atoms with E-state index in [0.29, 0.717) is 16.5 Å². The zero-order valence-corrected chi connectivity index (χ0v) is 19.4. The van der Waals surface area contributed by atoms with Crippen LogP contribution >= 0.6 is 22.9 Å². The molecule has 1 heterocycles. The predicted molar refractivity (Wildman–Crippen MR) is 134 cm³/mol. The second kappa shape index (κ2) is 9.74. The van der Waals surface area contributed by atoms with Gasteiger partial charge in [0.2, 0.25) is 0 Å². The predicted octanol–water partition coefficient (Wildman–Crippen LogP) is 6.39. The minimum Gasteiger partial charge on any atom is -0.495 e. The van der Waals surface area contributed by atoms with Crippen LogP contribution in [0.3, 0.4) is 0 Å². The Morgan fingerprint density at radius 3 is 2.67 bits per heavy atom. The molecule has 0 aliphatic heterocycles. The second-order valence-electron chi connectivity index (χ2n) is 7.18. The number of amides is 1. The van der Waals surface area contributed by atoms with E-state index >= 15 is 0 Å². The molecule has 33 heavy (non-hydrogen) atoms. The summed E-state index contributed by atoms with van der Waals surface area (Å²) in [6.45, 7) is 2.06. The van der Waals surface area contributed by atoms with Gasteiger partial charge in [0.05, 0.1) is 23.0 Å². The number of aromatic nitrogens is 1.